The van der Waals surface area contributed by atoms with Gasteiger partial charge in [-0.1, -0.05) is 42.5 Å². The molecule has 2 rings (SSSR count). The van der Waals surface area contributed by atoms with Crippen LogP contribution in [0, 0.1) is 0 Å². The first kappa shape index (κ1) is 19.3. The van der Waals surface area contributed by atoms with E-state index in [1.807, 2.05) is 18.2 Å². The molecular formula is C21H28N2OS. The number of hydrogen-bond donors (Lipinski definition) is 2. The molecule has 0 saturated heterocycles. The second kappa shape index (κ2) is 10.0. The molecule has 0 aromatic heterocycles. The van der Waals surface area contributed by atoms with Crippen LogP contribution in [0.4, 0.5) is 0 Å². The Labute approximate surface area is 156 Å². The second-order valence-corrected chi connectivity index (χ2v) is 6.91. The summed E-state index contributed by atoms with van der Waals surface area (Å²) >= 11 is 5.59. The van der Waals surface area contributed by atoms with Gasteiger partial charge in [-0.3, -0.25) is 0 Å². The van der Waals surface area contributed by atoms with Crippen LogP contribution in [0.2, 0.25) is 0 Å². The van der Waals surface area contributed by atoms with Gasteiger partial charge in [0.15, 0.2) is 5.11 Å². The van der Waals surface area contributed by atoms with Crippen LogP contribution in [-0.2, 0) is 12.8 Å². The highest BCUT2D eigenvalue weighted by molar-refractivity contribution is 7.80. The van der Waals surface area contributed by atoms with Gasteiger partial charge >= 0.3 is 0 Å². The molecule has 0 aliphatic carbocycles. The zero-order chi connectivity index (χ0) is 18.1. The van der Waals surface area contributed by atoms with E-state index < -0.39 is 0 Å². The van der Waals surface area contributed by atoms with Gasteiger partial charge in [0.25, 0.3) is 0 Å². The summed E-state index contributed by atoms with van der Waals surface area (Å²) in [5.74, 6) is 0.330. The normalized spacial score (nSPS) is 10.7. The molecule has 0 heterocycles. The molecule has 134 valence electrons. The summed E-state index contributed by atoms with van der Waals surface area (Å²) < 4.78 is 0. The van der Waals surface area contributed by atoms with Crippen molar-refractivity contribution in [3.63, 3.8) is 0 Å². The lowest BCUT2D eigenvalue weighted by Crippen LogP contribution is -2.44. The van der Waals surface area contributed by atoms with Crippen LogP contribution >= 0.6 is 12.2 Å². The Morgan fingerprint density at radius 2 is 1.76 bits per heavy atom. The summed E-state index contributed by atoms with van der Waals surface area (Å²) in [6, 6.07) is 18.3. The molecule has 25 heavy (non-hydrogen) atoms. The van der Waals surface area contributed by atoms with Gasteiger partial charge in [0.2, 0.25) is 0 Å². The summed E-state index contributed by atoms with van der Waals surface area (Å²) in [6.07, 6.45) is 2.91. The van der Waals surface area contributed by atoms with Crippen molar-refractivity contribution in [3.05, 3.63) is 65.7 Å². The number of benzene rings is 2. The molecule has 0 aliphatic rings. The van der Waals surface area contributed by atoms with Gasteiger partial charge < -0.3 is 15.3 Å². The largest absolute Gasteiger partial charge is 0.508 e. The van der Waals surface area contributed by atoms with Gasteiger partial charge in [-0.25, -0.2) is 0 Å². The van der Waals surface area contributed by atoms with Crippen LogP contribution in [0.15, 0.2) is 54.6 Å². The molecule has 4 heteroatoms. The van der Waals surface area contributed by atoms with Crippen molar-refractivity contribution in [2.24, 2.45) is 0 Å². The summed E-state index contributed by atoms with van der Waals surface area (Å²) in [7, 11) is 0. The Morgan fingerprint density at radius 1 is 1.04 bits per heavy atom. The fourth-order valence-electron chi connectivity index (χ4n) is 2.82. The Hall–Kier alpha value is -2.07. The number of phenols is 1. The molecule has 0 spiro atoms. The molecule has 0 bridgehead atoms. The fraction of sp³-hybridized carbons (Fsp3) is 0.381. The number of aryl methyl sites for hydroxylation is 1. The highest BCUT2D eigenvalue weighted by atomic mass is 32.1. The zero-order valence-electron chi connectivity index (χ0n) is 15.1. The van der Waals surface area contributed by atoms with E-state index in [1.54, 1.807) is 6.07 Å². The molecule has 3 nitrogen and oxygen atoms in total. The van der Waals surface area contributed by atoms with Gasteiger partial charge in [-0.2, -0.15) is 0 Å². The van der Waals surface area contributed by atoms with E-state index in [-0.39, 0.29) is 0 Å². The van der Waals surface area contributed by atoms with E-state index >= 15 is 0 Å². The third-order valence-corrected chi connectivity index (χ3v) is 4.57. The average molecular weight is 357 g/mol. The summed E-state index contributed by atoms with van der Waals surface area (Å²) in [5.41, 5.74) is 2.48. The predicted octanol–water partition coefficient (Wildman–Crippen LogP) is 4.15. The molecule has 0 unspecified atom stereocenters. The molecule has 0 aliphatic heterocycles. The third-order valence-electron chi connectivity index (χ3n) is 4.19. The van der Waals surface area contributed by atoms with Gasteiger partial charge in [0.1, 0.15) is 5.75 Å². The highest BCUT2D eigenvalue weighted by Crippen LogP contribution is 2.13. The Kier molecular flexibility index (Phi) is 7.74. The van der Waals surface area contributed by atoms with Crippen LogP contribution in [0.1, 0.15) is 31.4 Å². The number of thiocarbonyl (C=S) groups is 1. The lowest BCUT2D eigenvalue weighted by atomic mass is 10.1. The van der Waals surface area contributed by atoms with Crippen LogP contribution < -0.4 is 5.32 Å². The molecule has 0 saturated carbocycles. The molecule has 0 radical (unpaired) electrons. The SMILES string of the molecule is CC(C)N(CCCc1cccc(O)c1)C(=S)NCCc1ccccc1. The Bertz CT molecular complexity index is 658. The predicted molar refractivity (Wildman–Crippen MR) is 109 cm³/mol. The smallest absolute Gasteiger partial charge is 0.169 e. The maximum atomic E-state index is 9.55. The van der Waals surface area contributed by atoms with E-state index in [1.165, 1.54) is 5.56 Å². The molecule has 2 N–H and O–H groups in total. The maximum absolute atomic E-state index is 9.55. The topological polar surface area (TPSA) is 35.5 Å². The number of nitrogens with one attached hydrogen (secondary N) is 1. The number of phenolic OH excluding ortho intramolecular Hbond substituents is 1. The second-order valence-electron chi connectivity index (χ2n) is 6.53. The van der Waals surface area contributed by atoms with Crippen LogP contribution in [0.25, 0.3) is 0 Å². The van der Waals surface area contributed by atoms with Crippen molar-refractivity contribution >= 4 is 17.3 Å². The van der Waals surface area contributed by atoms with Crippen LogP contribution in [0.5, 0.6) is 5.75 Å². The monoisotopic (exact) mass is 356 g/mol. The van der Waals surface area contributed by atoms with Gasteiger partial charge in [0, 0.05) is 19.1 Å². The minimum Gasteiger partial charge on any atom is -0.508 e. The number of aromatic hydroxyl groups is 1. The molecule has 2 aromatic carbocycles. The van der Waals surface area contributed by atoms with Crippen LogP contribution in [0.3, 0.4) is 0 Å². The highest BCUT2D eigenvalue weighted by Gasteiger charge is 2.12. The molecule has 2 aromatic rings. The van der Waals surface area contributed by atoms with E-state index in [9.17, 15) is 5.11 Å². The molecular weight excluding hydrogens is 328 g/mol. The quantitative estimate of drug-likeness (QED) is 0.697. The molecule has 0 amide bonds. The number of rotatable bonds is 8. The standard InChI is InChI=1S/C21H28N2OS/c1-17(2)23(15-7-11-19-10-6-12-20(24)16-19)21(25)22-14-13-18-8-4-3-5-9-18/h3-6,8-10,12,16-17,24H,7,11,13-15H2,1-2H3,(H,22,25). The van der Waals surface area contributed by atoms with Crippen molar-refractivity contribution in [3.8, 4) is 5.75 Å². The van der Waals surface area contributed by atoms with Crippen molar-refractivity contribution < 1.29 is 5.11 Å². The van der Waals surface area contributed by atoms with E-state index in [4.69, 9.17) is 12.2 Å². The maximum Gasteiger partial charge on any atom is 0.169 e. The Balaban J connectivity index is 1.77. The van der Waals surface area contributed by atoms with Gasteiger partial charge in [-0.15, -0.1) is 0 Å². The average Bonchev–Trinajstić information content (AvgIpc) is 2.59. The van der Waals surface area contributed by atoms with Crippen LogP contribution in [-0.4, -0.2) is 34.3 Å². The van der Waals surface area contributed by atoms with E-state index in [0.717, 1.165) is 43.0 Å². The van der Waals surface area contributed by atoms with Crippen molar-refractivity contribution in [1.82, 2.24) is 10.2 Å². The minimum absolute atomic E-state index is 0.330. The van der Waals surface area contributed by atoms with Crippen molar-refractivity contribution in [1.29, 1.82) is 0 Å². The molecule has 0 fully saturated rings. The minimum atomic E-state index is 0.330. The van der Waals surface area contributed by atoms with Crippen molar-refractivity contribution in [2.75, 3.05) is 13.1 Å². The first-order chi connectivity index (χ1) is 12.1. The first-order valence-electron chi connectivity index (χ1n) is 8.92. The number of hydrogen-bond acceptors (Lipinski definition) is 2. The lowest BCUT2D eigenvalue weighted by molar-refractivity contribution is 0.339. The summed E-state index contributed by atoms with van der Waals surface area (Å²) in [4.78, 5) is 2.24. The Morgan fingerprint density at radius 3 is 2.44 bits per heavy atom. The van der Waals surface area contributed by atoms with E-state index in [2.05, 4.69) is 54.4 Å². The van der Waals surface area contributed by atoms with Crippen molar-refractivity contribution in [2.45, 2.75) is 39.2 Å². The van der Waals surface area contributed by atoms with E-state index in [0.29, 0.717) is 11.8 Å². The number of nitrogens with zero attached hydrogens (tertiary/aromatic N) is 1. The fourth-order valence-corrected chi connectivity index (χ4v) is 3.22. The molecule has 0 atom stereocenters. The third kappa shape index (κ3) is 6.75. The first-order valence-corrected chi connectivity index (χ1v) is 9.33. The summed E-state index contributed by atoms with van der Waals surface area (Å²) in [5, 5.41) is 13.8. The lowest BCUT2D eigenvalue weighted by Gasteiger charge is -2.30. The summed E-state index contributed by atoms with van der Waals surface area (Å²) in [6.45, 7) is 6.09. The zero-order valence-corrected chi connectivity index (χ0v) is 15.9. The van der Waals surface area contributed by atoms with Gasteiger partial charge in [0.05, 0.1) is 0 Å². The van der Waals surface area contributed by atoms with Gasteiger partial charge in [-0.05, 0) is 68.6 Å².